The maximum absolute atomic E-state index is 12.0. The third-order valence-electron chi connectivity index (χ3n) is 2.63. The molecule has 0 bridgehead atoms. The Hall–Kier alpha value is -1.36. The van der Waals surface area contributed by atoms with E-state index in [2.05, 4.69) is 22.5 Å². The number of benzene rings is 1. The summed E-state index contributed by atoms with van der Waals surface area (Å²) in [7, 11) is 0.791. The first kappa shape index (κ1) is 15.7. The van der Waals surface area contributed by atoms with Crippen LogP contribution in [0.25, 0.3) is 0 Å². The molecule has 0 aliphatic rings. The zero-order valence-electron chi connectivity index (χ0n) is 11.7. The largest absolute Gasteiger partial charge is 0.356 e. The molecule has 0 radical (unpaired) electrons. The van der Waals surface area contributed by atoms with E-state index in [1.54, 1.807) is 7.05 Å². The van der Waals surface area contributed by atoms with Crippen LogP contribution in [0.1, 0.15) is 19.8 Å². The van der Waals surface area contributed by atoms with E-state index in [0.717, 1.165) is 30.2 Å². The Kier molecular flexibility index (Phi) is 7.89. The fourth-order valence-electron chi connectivity index (χ4n) is 1.56. The standard InChI is InChI=1S/C14H23N3OS/c1-3-4-10-16-14(15-2)17-11-12-19(18)13-8-6-5-7-9-13/h5-9H,3-4,10-12H2,1-2H3,(H2,15,16,17). The molecule has 1 aromatic carbocycles. The van der Waals surface area contributed by atoms with Gasteiger partial charge < -0.3 is 10.6 Å². The number of rotatable bonds is 7. The molecule has 0 heterocycles. The van der Waals surface area contributed by atoms with E-state index in [-0.39, 0.29) is 0 Å². The highest BCUT2D eigenvalue weighted by molar-refractivity contribution is 7.85. The van der Waals surface area contributed by atoms with Crippen molar-refractivity contribution in [1.29, 1.82) is 0 Å². The lowest BCUT2D eigenvalue weighted by molar-refractivity contribution is 0.680. The van der Waals surface area contributed by atoms with Gasteiger partial charge in [-0.1, -0.05) is 31.5 Å². The van der Waals surface area contributed by atoms with E-state index in [1.165, 1.54) is 0 Å². The highest BCUT2D eigenvalue weighted by Gasteiger charge is 2.03. The summed E-state index contributed by atoms with van der Waals surface area (Å²) in [6.07, 6.45) is 2.28. The molecule has 106 valence electrons. The molecule has 0 aliphatic heterocycles. The molecule has 0 aliphatic carbocycles. The highest BCUT2D eigenvalue weighted by Crippen LogP contribution is 2.04. The summed E-state index contributed by atoms with van der Waals surface area (Å²) < 4.78 is 12.0. The summed E-state index contributed by atoms with van der Waals surface area (Å²) in [6.45, 7) is 3.71. The first-order valence-electron chi connectivity index (χ1n) is 6.66. The molecule has 1 atom stereocenters. The van der Waals surface area contributed by atoms with Crippen LogP contribution in [0.4, 0.5) is 0 Å². The average molecular weight is 281 g/mol. The number of hydrogen-bond donors (Lipinski definition) is 2. The van der Waals surface area contributed by atoms with E-state index in [9.17, 15) is 4.21 Å². The van der Waals surface area contributed by atoms with Crippen molar-refractivity contribution in [2.75, 3.05) is 25.9 Å². The van der Waals surface area contributed by atoms with Crippen molar-refractivity contribution < 1.29 is 4.21 Å². The lowest BCUT2D eigenvalue weighted by Gasteiger charge is -2.11. The van der Waals surface area contributed by atoms with Gasteiger partial charge in [0.2, 0.25) is 0 Å². The van der Waals surface area contributed by atoms with E-state index < -0.39 is 10.8 Å². The number of hydrogen-bond acceptors (Lipinski definition) is 2. The summed E-state index contributed by atoms with van der Waals surface area (Å²) >= 11 is 0. The summed E-state index contributed by atoms with van der Waals surface area (Å²) in [5.41, 5.74) is 0. The second-order valence-electron chi connectivity index (χ2n) is 4.14. The van der Waals surface area contributed by atoms with Crippen LogP contribution in [0.2, 0.25) is 0 Å². The zero-order chi connectivity index (χ0) is 13.9. The summed E-state index contributed by atoms with van der Waals surface area (Å²) in [6, 6.07) is 9.53. The minimum atomic E-state index is -0.954. The predicted octanol–water partition coefficient (Wildman–Crippen LogP) is 1.76. The fraction of sp³-hybridized carbons (Fsp3) is 0.500. The molecule has 0 saturated carbocycles. The molecule has 1 rings (SSSR count). The smallest absolute Gasteiger partial charge is 0.191 e. The van der Waals surface area contributed by atoms with Crippen molar-refractivity contribution in [2.45, 2.75) is 24.7 Å². The highest BCUT2D eigenvalue weighted by atomic mass is 32.2. The lowest BCUT2D eigenvalue weighted by atomic mass is 10.3. The van der Waals surface area contributed by atoms with Gasteiger partial charge in [-0.05, 0) is 18.6 Å². The molecule has 0 aromatic heterocycles. The monoisotopic (exact) mass is 281 g/mol. The molecule has 0 amide bonds. The SMILES string of the molecule is CCCCNC(=NC)NCCS(=O)c1ccccc1. The van der Waals surface area contributed by atoms with Crippen LogP contribution in [-0.4, -0.2) is 36.1 Å². The Morgan fingerprint density at radius 3 is 2.53 bits per heavy atom. The van der Waals surface area contributed by atoms with E-state index in [0.29, 0.717) is 12.3 Å². The van der Waals surface area contributed by atoms with Crippen molar-refractivity contribution in [1.82, 2.24) is 10.6 Å². The van der Waals surface area contributed by atoms with Crippen LogP contribution in [0.3, 0.4) is 0 Å². The lowest BCUT2D eigenvalue weighted by Crippen LogP contribution is -2.39. The molecule has 0 spiro atoms. The third-order valence-corrected chi connectivity index (χ3v) is 4.01. The molecule has 5 heteroatoms. The Morgan fingerprint density at radius 1 is 1.21 bits per heavy atom. The molecular weight excluding hydrogens is 258 g/mol. The number of guanidine groups is 1. The molecule has 1 unspecified atom stereocenters. The average Bonchev–Trinajstić information content (AvgIpc) is 2.46. The number of nitrogens with zero attached hydrogens (tertiary/aromatic N) is 1. The van der Waals surface area contributed by atoms with Gasteiger partial charge in [0, 0.05) is 30.8 Å². The van der Waals surface area contributed by atoms with Crippen LogP contribution in [0.15, 0.2) is 40.2 Å². The van der Waals surface area contributed by atoms with Gasteiger partial charge in [-0.3, -0.25) is 9.20 Å². The second-order valence-corrected chi connectivity index (χ2v) is 5.71. The van der Waals surface area contributed by atoms with E-state index in [4.69, 9.17) is 0 Å². The molecule has 0 saturated heterocycles. The van der Waals surface area contributed by atoms with E-state index >= 15 is 0 Å². The first-order valence-corrected chi connectivity index (χ1v) is 7.97. The van der Waals surface area contributed by atoms with Gasteiger partial charge >= 0.3 is 0 Å². The predicted molar refractivity (Wildman–Crippen MR) is 82.0 cm³/mol. The maximum atomic E-state index is 12.0. The Balaban J connectivity index is 2.27. The Bertz CT molecular complexity index is 406. The van der Waals surface area contributed by atoms with Crippen molar-refractivity contribution >= 4 is 16.8 Å². The third kappa shape index (κ3) is 6.38. The van der Waals surface area contributed by atoms with Gasteiger partial charge in [-0.2, -0.15) is 0 Å². The van der Waals surface area contributed by atoms with Crippen molar-refractivity contribution in [3.05, 3.63) is 30.3 Å². The molecule has 0 fully saturated rings. The van der Waals surface area contributed by atoms with Crippen LogP contribution in [-0.2, 0) is 10.8 Å². The van der Waals surface area contributed by atoms with Crippen LogP contribution < -0.4 is 10.6 Å². The molecule has 1 aromatic rings. The van der Waals surface area contributed by atoms with Crippen molar-refractivity contribution in [2.24, 2.45) is 4.99 Å². The Morgan fingerprint density at radius 2 is 1.89 bits per heavy atom. The van der Waals surface area contributed by atoms with Gasteiger partial charge in [0.05, 0.1) is 10.8 Å². The van der Waals surface area contributed by atoms with Gasteiger partial charge in [0.15, 0.2) is 5.96 Å². The topological polar surface area (TPSA) is 53.5 Å². The number of nitrogens with one attached hydrogen (secondary N) is 2. The minimum absolute atomic E-state index is 0.582. The minimum Gasteiger partial charge on any atom is -0.356 e. The normalized spacial score (nSPS) is 13.1. The van der Waals surface area contributed by atoms with Crippen LogP contribution >= 0.6 is 0 Å². The van der Waals surface area contributed by atoms with Crippen molar-refractivity contribution in [3.63, 3.8) is 0 Å². The van der Waals surface area contributed by atoms with Gasteiger partial charge in [0.25, 0.3) is 0 Å². The van der Waals surface area contributed by atoms with Gasteiger partial charge in [0.1, 0.15) is 0 Å². The van der Waals surface area contributed by atoms with Crippen LogP contribution in [0.5, 0.6) is 0 Å². The maximum Gasteiger partial charge on any atom is 0.191 e. The summed E-state index contributed by atoms with van der Waals surface area (Å²) in [5.74, 6) is 1.36. The number of unbranched alkanes of at least 4 members (excludes halogenated alkanes) is 1. The first-order chi connectivity index (χ1) is 9.27. The van der Waals surface area contributed by atoms with Crippen molar-refractivity contribution in [3.8, 4) is 0 Å². The van der Waals surface area contributed by atoms with Gasteiger partial charge in [-0.15, -0.1) is 0 Å². The van der Waals surface area contributed by atoms with E-state index in [1.807, 2.05) is 30.3 Å². The fourth-order valence-corrected chi connectivity index (χ4v) is 2.54. The number of aliphatic imine (C=N–C) groups is 1. The van der Waals surface area contributed by atoms with Gasteiger partial charge in [-0.25, -0.2) is 0 Å². The quantitative estimate of drug-likeness (QED) is 0.455. The molecule has 4 nitrogen and oxygen atoms in total. The second kappa shape index (κ2) is 9.55. The molecule has 2 N–H and O–H groups in total. The molecular formula is C14H23N3OS. The Labute approximate surface area is 118 Å². The molecule has 19 heavy (non-hydrogen) atoms. The summed E-state index contributed by atoms with van der Waals surface area (Å²) in [4.78, 5) is 5.00. The zero-order valence-corrected chi connectivity index (χ0v) is 12.5. The summed E-state index contributed by atoms with van der Waals surface area (Å²) in [5, 5.41) is 6.40. The van der Waals surface area contributed by atoms with Crippen LogP contribution in [0, 0.1) is 0 Å².